The van der Waals surface area contributed by atoms with Crippen molar-refractivity contribution in [3.8, 4) is 5.69 Å². The molecule has 27 heavy (non-hydrogen) atoms. The number of hydrogen-bond donors (Lipinski definition) is 2. The summed E-state index contributed by atoms with van der Waals surface area (Å²) in [7, 11) is 1.61. The Morgan fingerprint density at radius 2 is 1.67 bits per heavy atom. The van der Waals surface area contributed by atoms with Crippen molar-refractivity contribution in [2.45, 2.75) is 20.3 Å². The van der Waals surface area contributed by atoms with E-state index in [1.54, 1.807) is 31.3 Å². The number of carbonyl (C=O) groups excluding carboxylic acids is 2. The lowest BCUT2D eigenvalue weighted by Gasteiger charge is -2.08. The topological polar surface area (TPSA) is 76.0 Å². The van der Waals surface area contributed by atoms with Gasteiger partial charge in [0.1, 0.15) is 0 Å². The van der Waals surface area contributed by atoms with Crippen molar-refractivity contribution < 1.29 is 9.59 Å². The number of amides is 2. The van der Waals surface area contributed by atoms with E-state index in [0.29, 0.717) is 17.7 Å². The van der Waals surface area contributed by atoms with Crippen molar-refractivity contribution in [3.05, 3.63) is 77.1 Å². The second kappa shape index (κ2) is 7.86. The number of likely N-dealkylation sites (N-methyl/N-ethyl adjacent to an activating group) is 1. The van der Waals surface area contributed by atoms with E-state index in [2.05, 4.69) is 15.7 Å². The zero-order valence-corrected chi connectivity index (χ0v) is 15.6. The molecule has 0 bridgehead atoms. The largest absolute Gasteiger partial charge is 0.359 e. The molecule has 6 heteroatoms. The van der Waals surface area contributed by atoms with Gasteiger partial charge in [0.15, 0.2) is 0 Å². The first-order valence-electron chi connectivity index (χ1n) is 8.71. The third-order valence-electron chi connectivity index (χ3n) is 4.24. The molecule has 0 aliphatic heterocycles. The summed E-state index contributed by atoms with van der Waals surface area (Å²) in [5.74, 6) is -0.233. The lowest BCUT2D eigenvalue weighted by Crippen LogP contribution is -2.19. The van der Waals surface area contributed by atoms with Gasteiger partial charge in [0.2, 0.25) is 5.91 Å². The predicted molar refractivity (Wildman–Crippen MR) is 105 cm³/mol. The molecule has 6 nitrogen and oxygen atoms in total. The van der Waals surface area contributed by atoms with E-state index in [1.165, 1.54) is 0 Å². The van der Waals surface area contributed by atoms with Crippen LogP contribution in [0.1, 0.15) is 27.3 Å². The first kappa shape index (κ1) is 18.4. The van der Waals surface area contributed by atoms with E-state index in [0.717, 1.165) is 22.6 Å². The van der Waals surface area contributed by atoms with Gasteiger partial charge in [0, 0.05) is 24.0 Å². The Morgan fingerprint density at radius 1 is 1.00 bits per heavy atom. The average Bonchev–Trinajstić information content (AvgIpc) is 3.01. The van der Waals surface area contributed by atoms with Crippen molar-refractivity contribution >= 4 is 17.5 Å². The molecular weight excluding hydrogens is 340 g/mol. The first-order valence-corrected chi connectivity index (χ1v) is 8.71. The SMILES string of the molecule is CNC(=O)Cc1ccc(NC(=O)c2ccc(-n3nc(C)cc3C)cc2)cc1. The van der Waals surface area contributed by atoms with Crippen molar-refractivity contribution in [2.24, 2.45) is 0 Å². The molecule has 0 aliphatic rings. The quantitative estimate of drug-likeness (QED) is 0.732. The van der Waals surface area contributed by atoms with Crippen LogP contribution >= 0.6 is 0 Å². The lowest BCUT2D eigenvalue weighted by molar-refractivity contribution is -0.119. The van der Waals surface area contributed by atoms with Crippen LogP contribution in [0.3, 0.4) is 0 Å². The number of nitrogens with one attached hydrogen (secondary N) is 2. The smallest absolute Gasteiger partial charge is 0.255 e. The molecule has 2 amide bonds. The maximum Gasteiger partial charge on any atom is 0.255 e. The van der Waals surface area contributed by atoms with Gasteiger partial charge in [-0.1, -0.05) is 12.1 Å². The maximum absolute atomic E-state index is 12.4. The molecule has 0 saturated heterocycles. The fourth-order valence-electron chi connectivity index (χ4n) is 2.83. The Labute approximate surface area is 158 Å². The van der Waals surface area contributed by atoms with Crippen LogP contribution in [0.4, 0.5) is 5.69 Å². The summed E-state index contributed by atoms with van der Waals surface area (Å²) in [6.07, 6.45) is 0.318. The van der Waals surface area contributed by atoms with Crippen molar-refractivity contribution in [2.75, 3.05) is 12.4 Å². The summed E-state index contributed by atoms with van der Waals surface area (Å²) in [5, 5.41) is 9.90. The standard InChI is InChI=1S/C21H22N4O2/c1-14-12-15(2)25(24-14)19-10-6-17(7-11-19)21(27)23-18-8-4-16(5-9-18)13-20(26)22-3/h4-12H,13H2,1-3H3,(H,22,26)(H,23,27). The normalized spacial score (nSPS) is 10.5. The molecule has 0 fully saturated rings. The summed E-state index contributed by atoms with van der Waals surface area (Å²) in [6.45, 7) is 3.94. The Kier molecular flexibility index (Phi) is 5.35. The number of rotatable bonds is 5. The fraction of sp³-hybridized carbons (Fsp3) is 0.190. The van der Waals surface area contributed by atoms with Gasteiger partial charge >= 0.3 is 0 Å². The van der Waals surface area contributed by atoms with Crippen LogP contribution in [0, 0.1) is 13.8 Å². The molecular formula is C21H22N4O2. The number of anilines is 1. The molecule has 0 saturated carbocycles. The molecule has 0 radical (unpaired) electrons. The summed E-state index contributed by atoms with van der Waals surface area (Å²) in [4.78, 5) is 23.8. The van der Waals surface area contributed by atoms with E-state index >= 15 is 0 Å². The van der Waals surface area contributed by atoms with E-state index in [1.807, 2.05) is 48.9 Å². The summed E-state index contributed by atoms with van der Waals surface area (Å²) in [6, 6.07) is 16.6. The van der Waals surface area contributed by atoms with Crippen LogP contribution in [0.5, 0.6) is 0 Å². The molecule has 1 aromatic heterocycles. The van der Waals surface area contributed by atoms with Gasteiger partial charge in [-0.15, -0.1) is 0 Å². The van der Waals surface area contributed by atoms with Crippen LogP contribution in [0.25, 0.3) is 5.69 Å². The summed E-state index contributed by atoms with van der Waals surface area (Å²) >= 11 is 0. The molecule has 3 rings (SSSR count). The molecule has 2 aromatic carbocycles. The monoisotopic (exact) mass is 362 g/mol. The Hall–Kier alpha value is -3.41. The highest BCUT2D eigenvalue weighted by molar-refractivity contribution is 6.04. The van der Waals surface area contributed by atoms with E-state index in [-0.39, 0.29) is 11.8 Å². The van der Waals surface area contributed by atoms with Gasteiger partial charge in [-0.2, -0.15) is 5.10 Å². The Balaban J connectivity index is 1.67. The minimum Gasteiger partial charge on any atom is -0.359 e. The lowest BCUT2D eigenvalue weighted by atomic mass is 10.1. The third-order valence-corrected chi connectivity index (χ3v) is 4.24. The van der Waals surface area contributed by atoms with E-state index < -0.39 is 0 Å². The molecule has 138 valence electrons. The van der Waals surface area contributed by atoms with Gasteiger partial charge in [-0.05, 0) is 61.9 Å². The van der Waals surface area contributed by atoms with Crippen molar-refractivity contribution in [1.82, 2.24) is 15.1 Å². The Morgan fingerprint density at radius 3 is 2.22 bits per heavy atom. The predicted octanol–water partition coefficient (Wildman–Crippen LogP) is 3.03. The molecule has 0 unspecified atom stereocenters. The molecule has 0 spiro atoms. The first-order chi connectivity index (χ1) is 13.0. The van der Waals surface area contributed by atoms with Gasteiger partial charge in [-0.3, -0.25) is 9.59 Å². The van der Waals surface area contributed by atoms with Crippen molar-refractivity contribution in [1.29, 1.82) is 0 Å². The van der Waals surface area contributed by atoms with Gasteiger partial charge in [0.25, 0.3) is 5.91 Å². The van der Waals surface area contributed by atoms with E-state index in [4.69, 9.17) is 0 Å². The molecule has 2 N–H and O–H groups in total. The number of carbonyl (C=O) groups is 2. The number of aryl methyl sites for hydroxylation is 2. The highest BCUT2D eigenvalue weighted by Gasteiger charge is 2.09. The van der Waals surface area contributed by atoms with Crippen LogP contribution in [-0.4, -0.2) is 28.6 Å². The second-order valence-corrected chi connectivity index (χ2v) is 6.39. The fourth-order valence-corrected chi connectivity index (χ4v) is 2.83. The number of hydrogen-bond acceptors (Lipinski definition) is 3. The van der Waals surface area contributed by atoms with Gasteiger partial charge in [-0.25, -0.2) is 4.68 Å². The Bertz CT molecular complexity index is 957. The highest BCUT2D eigenvalue weighted by Crippen LogP contribution is 2.15. The molecule has 3 aromatic rings. The zero-order chi connectivity index (χ0) is 19.4. The molecule has 0 aliphatic carbocycles. The van der Waals surface area contributed by atoms with Gasteiger partial charge in [0.05, 0.1) is 17.8 Å². The minimum absolute atomic E-state index is 0.0468. The van der Waals surface area contributed by atoms with Crippen molar-refractivity contribution in [3.63, 3.8) is 0 Å². The zero-order valence-electron chi connectivity index (χ0n) is 15.6. The maximum atomic E-state index is 12.4. The second-order valence-electron chi connectivity index (χ2n) is 6.39. The summed E-state index contributed by atoms with van der Waals surface area (Å²) < 4.78 is 1.85. The number of nitrogens with zero attached hydrogens (tertiary/aromatic N) is 2. The van der Waals surface area contributed by atoms with Crippen LogP contribution in [0.2, 0.25) is 0 Å². The van der Waals surface area contributed by atoms with Crippen LogP contribution in [-0.2, 0) is 11.2 Å². The summed E-state index contributed by atoms with van der Waals surface area (Å²) in [5.41, 5.74) is 5.05. The third kappa shape index (κ3) is 4.41. The van der Waals surface area contributed by atoms with E-state index in [9.17, 15) is 9.59 Å². The molecule has 1 heterocycles. The highest BCUT2D eigenvalue weighted by atomic mass is 16.2. The van der Waals surface area contributed by atoms with Crippen LogP contribution in [0.15, 0.2) is 54.6 Å². The number of aromatic nitrogens is 2. The average molecular weight is 362 g/mol. The molecule has 0 atom stereocenters. The van der Waals surface area contributed by atoms with Crippen LogP contribution < -0.4 is 10.6 Å². The van der Waals surface area contributed by atoms with Gasteiger partial charge < -0.3 is 10.6 Å². The minimum atomic E-state index is -0.186. The number of benzene rings is 2.